The molecule has 1 aliphatic carbocycles. The molecule has 1 amide bonds. The van der Waals surface area contributed by atoms with Crippen molar-refractivity contribution in [3.63, 3.8) is 0 Å². The highest BCUT2D eigenvalue weighted by Gasteiger charge is 2.46. The van der Waals surface area contributed by atoms with Crippen LogP contribution >= 0.6 is 23.4 Å². The number of carbonyl (C=O) groups excluding carboxylic acids is 2. The van der Waals surface area contributed by atoms with E-state index in [1.807, 2.05) is 53.0 Å². The number of ether oxygens (including phenoxy) is 1. The Balaban J connectivity index is 1.64. The number of hydrogen-bond donors (Lipinski definition) is 1. The molecule has 1 aromatic heterocycles. The number of halogens is 1. The fraction of sp³-hybridized carbons (Fsp3) is 0.480. The van der Waals surface area contributed by atoms with Crippen LogP contribution in [0.5, 0.6) is 0 Å². The Kier molecular flexibility index (Phi) is 9.74. The van der Waals surface area contributed by atoms with Crippen LogP contribution in [-0.4, -0.2) is 48.9 Å². The number of pyridine rings is 1. The van der Waals surface area contributed by atoms with Crippen LogP contribution in [0.25, 0.3) is 0 Å². The van der Waals surface area contributed by atoms with Gasteiger partial charge in [-0.1, -0.05) is 36.2 Å². The van der Waals surface area contributed by atoms with Gasteiger partial charge in [0, 0.05) is 24.1 Å². The van der Waals surface area contributed by atoms with Gasteiger partial charge in [-0.3, -0.25) is 14.5 Å². The van der Waals surface area contributed by atoms with E-state index in [2.05, 4.69) is 11.6 Å². The minimum atomic E-state index is -0.778. The van der Waals surface area contributed by atoms with E-state index in [4.69, 9.17) is 16.3 Å². The van der Waals surface area contributed by atoms with Crippen molar-refractivity contribution >= 4 is 35.1 Å². The Bertz CT molecular complexity index is 958. The van der Waals surface area contributed by atoms with Crippen LogP contribution in [0, 0.1) is 0 Å². The summed E-state index contributed by atoms with van der Waals surface area (Å²) in [5.41, 5.74) is 0.656. The molecular formula is C25H33ClN3O3S+. The van der Waals surface area contributed by atoms with E-state index in [0.29, 0.717) is 23.6 Å². The largest absolute Gasteiger partial charge is 0.352 e. The number of hydrogen-bond acceptors (Lipinski definition) is 5. The average molecular weight is 491 g/mol. The molecule has 0 aliphatic heterocycles. The summed E-state index contributed by atoms with van der Waals surface area (Å²) in [5.74, 6) is 1.11. The summed E-state index contributed by atoms with van der Waals surface area (Å²) in [6, 6.07) is 11.2. The zero-order chi connectivity index (χ0) is 23.7. The summed E-state index contributed by atoms with van der Waals surface area (Å²) in [7, 11) is 1.91. The molecule has 2 aromatic rings. The lowest BCUT2D eigenvalue weighted by molar-refractivity contribution is -0.733. The average Bonchev–Trinajstić information content (AvgIpc) is 2.83. The molecule has 0 spiro atoms. The number of nitrogens with zero attached hydrogens (tertiary/aromatic N) is 2. The number of aromatic nitrogens is 1. The van der Waals surface area contributed by atoms with E-state index in [1.165, 1.54) is 0 Å². The van der Waals surface area contributed by atoms with Crippen LogP contribution in [0.4, 0.5) is 0 Å². The van der Waals surface area contributed by atoms with E-state index < -0.39 is 5.54 Å². The number of Topliss-reactive ketones (excluding diaryl/α,β-unsaturated/α-hetero) is 1. The SMILES string of the molecule is CSCCCNC(=O)c1ccc[n+](COCN(C)C2(c3ccccc3Cl)CCCCC2=O)c1. The van der Waals surface area contributed by atoms with Crippen LogP contribution in [0.2, 0.25) is 5.02 Å². The first-order valence-corrected chi connectivity index (χ1v) is 13.1. The lowest BCUT2D eigenvalue weighted by Gasteiger charge is -2.43. The molecule has 178 valence electrons. The summed E-state index contributed by atoms with van der Waals surface area (Å²) in [6.45, 7) is 1.19. The standard InChI is InChI=1S/C25H32ClN3O3S/c1-28(25(13-6-5-12-23(25)30)21-10-3-4-11-22(21)26)18-32-19-29-15-7-9-20(17-29)24(31)27-14-8-16-33-2/h3-4,7,9-11,15,17H,5-6,8,12-14,16,18-19H2,1-2H3/p+1. The number of amides is 1. The molecule has 1 aromatic carbocycles. The molecule has 1 aliphatic rings. The van der Waals surface area contributed by atoms with E-state index in [1.54, 1.807) is 24.0 Å². The first-order chi connectivity index (χ1) is 16.0. The second-order valence-electron chi connectivity index (χ2n) is 8.34. The maximum atomic E-state index is 13.2. The number of likely N-dealkylation sites (N-methyl/N-ethyl adjacent to an activating group) is 1. The zero-order valence-electron chi connectivity index (χ0n) is 19.4. The highest BCUT2D eigenvalue weighted by molar-refractivity contribution is 7.98. The van der Waals surface area contributed by atoms with Gasteiger partial charge in [0.15, 0.2) is 18.2 Å². The maximum absolute atomic E-state index is 13.2. The highest BCUT2D eigenvalue weighted by atomic mass is 35.5. The molecule has 1 fully saturated rings. The number of nitrogens with one attached hydrogen (secondary N) is 1. The molecule has 1 heterocycles. The molecular weight excluding hydrogens is 458 g/mol. The molecule has 6 nitrogen and oxygen atoms in total. The van der Waals surface area contributed by atoms with Crippen molar-refractivity contribution in [3.8, 4) is 0 Å². The van der Waals surface area contributed by atoms with Gasteiger partial charge in [0.05, 0.1) is 0 Å². The van der Waals surface area contributed by atoms with Crippen molar-refractivity contribution in [2.75, 3.05) is 32.3 Å². The third-order valence-electron chi connectivity index (χ3n) is 6.08. The van der Waals surface area contributed by atoms with Crippen LogP contribution in [-0.2, 0) is 21.8 Å². The second kappa shape index (κ2) is 12.5. The van der Waals surface area contributed by atoms with Gasteiger partial charge in [-0.25, -0.2) is 0 Å². The van der Waals surface area contributed by atoms with Crippen LogP contribution < -0.4 is 9.88 Å². The van der Waals surface area contributed by atoms with Gasteiger partial charge in [-0.15, -0.1) is 0 Å². The highest BCUT2D eigenvalue weighted by Crippen LogP contribution is 2.42. The zero-order valence-corrected chi connectivity index (χ0v) is 21.0. The Hall–Kier alpha value is -1.93. The van der Waals surface area contributed by atoms with Gasteiger partial charge >= 0.3 is 0 Å². The van der Waals surface area contributed by atoms with Crippen molar-refractivity contribution in [2.45, 2.75) is 44.4 Å². The van der Waals surface area contributed by atoms with Crippen molar-refractivity contribution < 1.29 is 18.9 Å². The molecule has 1 saturated carbocycles. The van der Waals surface area contributed by atoms with Crippen LogP contribution in [0.3, 0.4) is 0 Å². The van der Waals surface area contributed by atoms with Crippen molar-refractivity contribution in [1.82, 2.24) is 10.2 Å². The predicted molar refractivity (Wildman–Crippen MR) is 132 cm³/mol. The quantitative estimate of drug-likeness (QED) is 0.293. The number of rotatable bonds is 11. The molecule has 3 rings (SSSR count). The molecule has 33 heavy (non-hydrogen) atoms. The smallest absolute Gasteiger partial charge is 0.257 e. The van der Waals surface area contributed by atoms with Gasteiger partial charge in [0.1, 0.15) is 17.8 Å². The fourth-order valence-electron chi connectivity index (χ4n) is 4.35. The first-order valence-electron chi connectivity index (χ1n) is 11.3. The van der Waals surface area contributed by atoms with Gasteiger partial charge in [-0.2, -0.15) is 16.3 Å². The van der Waals surface area contributed by atoms with Crippen LogP contribution in [0.15, 0.2) is 48.8 Å². The molecule has 0 bridgehead atoms. The number of thioether (sulfide) groups is 1. The van der Waals surface area contributed by atoms with E-state index >= 15 is 0 Å². The van der Waals surface area contributed by atoms with Crippen molar-refractivity contribution in [2.24, 2.45) is 0 Å². The molecule has 0 radical (unpaired) electrons. The van der Waals surface area contributed by atoms with Gasteiger partial charge < -0.3 is 10.1 Å². The molecule has 0 saturated heterocycles. The summed E-state index contributed by atoms with van der Waals surface area (Å²) in [5, 5.41) is 3.55. The van der Waals surface area contributed by atoms with Gasteiger partial charge in [0.2, 0.25) is 0 Å². The summed E-state index contributed by atoms with van der Waals surface area (Å²) >= 11 is 8.29. The Morgan fingerprint density at radius 3 is 2.85 bits per heavy atom. The monoisotopic (exact) mass is 490 g/mol. The van der Waals surface area contributed by atoms with Gasteiger partial charge in [-0.05, 0) is 56.0 Å². The fourth-order valence-corrected chi connectivity index (χ4v) is 5.08. The van der Waals surface area contributed by atoms with Crippen molar-refractivity contribution in [1.29, 1.82) is 0 Å². The number of ketones is 1. The molecule has 1 atom stereocenters. The minimum absolute atomic E-state index is 0.0898. The number of benzene rings is 1. The summed E-state index contributed by atoms with van der Waals surface area (Å²) in [4.78, 5) is 27.5. The molecule has 1 N–H and O–H groups in total. The maximum Gasteiger partial charge on any atom is 0.257 e. The van der Waals surface area contributed by atoms with E-state index in [0.717, 1.165) is 37.0 Å². The third-order valence-corrected chi connectivity index (χ3v) is 7.11. The third kappa shape index (κ3) is 6.35. The molecule has 8 heteroatoms. The topological polar surface area (TPSA) is 62.5 Å². The van der Waals surface area contributed by atoms with Gasteiger partial charge in [0.25, 0.3) is 12.6 Å². The Morgan fingerprint density at radius 2 is 2.09 bits per heavy atom. The number of carbonyl (C=O) groups is 2. The van der Waals surface area contributed by atoms with E-state index in [-0.39, 0.29) is 25.2 Å². The second-order valence-corrected chi connectivity index (χ2v) is 9.73. The lowest BCUT2D eigenvalue weighted by atomic mass is 9.74. The normalized spacial score (nSPS) is 18.5. The van der Waals surface area contributed by atoms with Crippen molar-refractivity contribution in [3.05, 3.63) is 64.9 Å². The summed E-state index contributed by atoms with van der Waals surface area (Å²) in [6.07, 6.45) is 9.76. The first kappa shape index (κ1) is 25.7. The van der Waals surface area contributed by atoms with E-state index in [9.17, 15) is 9.59 Å². The van der Waals surface area contributed by atoms with Crippen LogP contribution in [0.1, 0.15) is 48.0 Å². The lowest BCUT2D eigenvalue weighted by Crippen LogP contribution is -2.53. The molecule has 1 unspecified atom stereocenters. The minimum Gasteiger partial charge on any atom is -0.352 e. The Morgan fingerprint density at radius 1 is 1.27 bits per heavy atom. The summed E-state index contributed by atoms with van der Waals surface area (Å²) < 4.78 is 7.81. The predicted octanol–water partition coefficient (Wildman–Crippen LogP) is 4.01. The Labute approximate surface area is 205 Å².